The number of allylic oxidation sites excluding steroid dienone is 3. The highest BCUT2D eigenvalue weighted by molar-refractivity contribution is 6.31. The van der Waals surface area contributed by atoms with E-state index in [4.69, 9.17) is 16.4 Å². The number of aldehydes is 2. The van der Waals surface area contributed by atoms with Gasteiger partial charge < -0.3 is 19.6 Å². The summed E-state index contributed by atoms with van der Waals surface area (Å²) < 4.78 is 12.7. The molecule has 1 amide bonds. The van der Waals surface area contributed by atoms with Gasteiger partial charge in [0, 0.05) is 61.1 Å². The number of nitrogens with zero attached hydrogens (tertiary/aromatic N) is 4. The SMILES string of the molecule is C/C=C(\CC)C(C)C.C=C(C(=O)N(CCC)CCC)/C(O)=C(/C)N=CC.CC.CC=O.CCC(=O)c1ccc(C(N=C(C)C)=NC)cc1CC.CCC=O.Cc1ccc(C(C)F)cc1Cl. The Morgan fingerprint density at radius 2 is 1.42 bits per heavy atom. The molecule has 1 unspecified atom stereocenters. The highest BCUT2D eigenvalue weighted by Crippen LogP contribution is 2.23. The molecule has 1 atom stereocenters. The minimum absolute atomic E-state index is 0.111. The molecule has 0 radical (unpaired) electrons. The molecule has 0 spiro atoms. The van der Waals surface area contributed by atoms with Crippen molar-refractivity contribution in [3.63, 3.8) is 0 Å². The summed E-state index contributed by atoms with van der Waals surface area (Å²) >= 11 is 5.79. The molecule has 368 valence electrons. The monoisotopic (exact) mass is 927 g/mol. The van der Waals surface area contributed by atoms with Crippen LogP contribution in [-0.4, -0.2) is 72.2 Å². The van der Waals surface area contributed by atoms with Crippen LogP contribution >= 0.6 is 11.6 Å². The molecule has 2 aromatic rings. The van der Waals surface area contributed by atoms with E-state index in [1.807, 2.05) is 86.6 Å². The number of amidine groups is 1. The smallest absolute Gasteiger partial charge is 0.257 e. The van der Waals surface area contributed by atoms with Crippen molar-refractivity contribution in [2.75, 3.05) is 20.1 Å². The van der Waals surface area contributed by atoms with Crippen molar-refractivity contribution >= 4 is 53.6 Å². The fourth-order valence-corrected chi connectivity index (χ4v) is 5.55. The molecule has 0 aliphatic heterocycles. The number of aliphatic hydroxyl groups excluding tert-OH is 1. The number of benzene rings is 2. The number of alkyl halides is 1. The molecule has 11 heteroatoms. The Bertz CT molecular complexity index is 1800. The van der Waals surface area contributed by atoms with Crippen LogP contribution in [0.15, 0.2) is 86.6 Å². The first-order chi connectivity index (χ1) is 30.7. The van der Waals surface area contributed by atoms with Gasteiger partial charge in [0.05, 0.1) is 11.3 Å². The largest absolute Gasteiger partial charge is 0.505 e. The standard InChI is InChI=1S/C16H22N2O.C14H24N2O2.C9H10ClF.C8H16.C3H6O.C2H4O.C2H6/c1-6-12-10-13(16(17-5)18-11(3)4)8-9-14(12)15(19)7-2;1-6-9-16(10-7-2)14(18)11(4)13(17)12(5)15-8-3;1-6-3-4-8(7(2)11)5-9(6)10;1-5-8(6-2)7(3)4;1-2-3-4;1-2-3;1-2/h8-10H,6-7H2,1-5H3;8,17H,4,6-7,9-10H2,1-3,5H3;3-5,7H,1-2H3;5,7H,6H2,1-4H3;3H,2H2,1H3;2H,1H3;1-2H3/b;13-12+,15-8?;;8-5+;;;. The van der Waals surface area contributed by atoms with Crippen molar-refractivity contribution in [3.05, 3.63) is 104 Å². The fraction of sp³-hybridized carbons (Fsp3) is 0.537. The summed E-state index contributed by atoms with van der Waals surface area (Å²) in [5.74, 6) is 1.29. The molecule has 2 rings (SSSR count). The van der Waals surface area contributed by atoms with Crippen LogP contribution in [0.1, 0.15) is 189 Å². The van der Waals surface area contributed by atoms with E-state index in [0.717, 1.165) is 65.7 Å². The maximum Gasteiger partial charge on any atom is 0.257 e. The maximum atomic E-state index is 12.7. The first-order valence-corrected chi connectivity index (χ1v) is 23.5. The van der Waals surface area contributed by atoms with Crippen molar-refractivity contribution in [1.82, 2.24) is 4.90 Å². The van der Waals surface area contributed by atoms with E-state index in [2.05, 4.69) is 62.3 Å². The predicted octanol–water partition coefficient (Wildman–Crippen LogP) is 15.3. The van der Waals surface area contributed by atoms with E-state index in [0.29, 0.717) is 48.0 Å². The third-order valence-corrected chi connectivity index (χ3v) is 9.14. The lowest BCUT2D eigenvalue weighted by atomic mass is 9.97. The normalized spacial score (nSPS) is 11.2. The van der Waals surface area contributed by atoms with Gasteiger partial charge in [0.25, 0.3) is 5.91 Å². The highest BCUT2D eigenvalue weighted by Gasteiger charge is 2.19. The molecule has 0 aromatic heterocycles. The van der Waals surface area contributed by atoms with Crippen LogP contribution in [0, 0.1) is 12.8 Å². The summed E-state index contributed by atoms with van der Waals surface area (Å²) in [5, 5.41) is 10.5. The quantitative estimate of drug-likeness (QED) is 0.0278. The summed E-state index contributed by atoms with van der Waals surface area (Å²) in [7, 11) is 1.73. The minimum atomic E-state index is -0.937. The van der Waals surface area contributed by atoms with E-state index in [-0.39, 0.29) is 23.0 Å². The van der Waals surface area contributed by atoms with Gasteiger partial charge in [-0.05, 0) is 116 Å². The molecule has 0 fully saturated rings. The van der Waals surface area contributed by atoms with Gasteiger partial charge >= 0.3 is 0 Å². The Morgan fingerprint density at radius 3 is 1.74 bits per heavy atom. The van der Waals surface area contributed by atoms with Crippen LogP contribution in [0.5, 0.6) is 0 Å². The molecule has 0 bridgehead atoms. The molecular weight excluding hydrogens is 839 g/mol. The minimum Gasteiger partial charge on any atom is -0.505 e. The van der Waals surface area contributed by atoms with Gasteiger partial charge in [-0.1, -0.05) is 123 Å². The van der Waals surface area contributed by atoms with Gasteiger partial charge in [0.1, 0.15) is 24.5 Å². The number of ketones is 1. The molecular formula is C54H88ClFN4O5. The van der Waals surface area contributed by atoms with Crippen LogP contribution in [0.2, 0.25) is 5.02 Å². The summed E-state index contributed by atoms with van der Waals surface area (Å²) in [4.78, 5) is 56.3. The van der Waals surface area contributed by atoms with Gasteiger partial charge in [-0.25, -0.2) is 9.38 Å². The van der Waals surface area contributed by atoms with E-state index in [1.165, 1.54) is 20.3 Å². The summed E-state index contributed by atoms with van der Waals surface area (Å²) in [5.41, 5.74) is 7.52. The van der Waals surface area contributed by atoms with Gasteiger partial charge in [0.2, 0.25) is 0 Å². The number of carbonyl (C=O) groups is 4. The van der Waals surface area contributed by atoms with Crippen LogP contribution in [0.25, 0.3) is 0 Å². The van der Waals surface area contributed by atoms with Crippen molar-refractivity contribution in [2.24, 2.45) is 20.9 Å². The summed E-state index contributed by atoms with van der Waals surface area (Å²) in [6.45, 7) is 39.7. The van der Waals surface area contributed by atoms with Crippen LogP contribution < -0.4 is 0 Å². The number of aliphatic imine (C=N–C) groups is 3. The van der Waals surface area contributed by atoms with Crippen molar-refractivity contribution in [2.45, 2.75) is 169 Å². The predicted molar refractivity (Wildman–Crippen MR) is 282 cm³/mol. The first-order valence-electron chi connectivity index (χ1n) is 23.1. The number of aryl methyl sites for hydroxylation is 2. The molecule has 1 N–H and O–H groups in total. The molecule has 0 saturated heterocycles. The zero-order valence-electron chi connectivity index (χ0n) is 43.9. The molecule has 2 aromatic carbocycles. The zero-order valence-corrected chi connectivity index (χ0v) is 44.7. The first kappa shape index (κ1) is 69.2. The van der Waals surface area contributed by atoms with Crippen molar-refractivity contribution in [1.29, 1.82) is 0 Å². The van der Waals surface area contributed by atoms with Gasteiger partial charge in [-0.3, -0.25) is 19.6 Å². The lowest BCUT2D eigenvalue weighted by Crippen LogP contribution is -2.33. The number of halogens is 2. The number of carbonyl (C=O) groups excluding carboxylic acids is 4. The Kier molecular flexibility index (Phi) is 47.3. The molecule has 0 aliphatic carbocycles. The molecule has 0 heterocycles. The Balaban J connectivity index is -0.000000240. The number of amides is 1. The lowest BCUT2D eigenvalue weighted by molar-refractivity contribution is -0.127. The molecule has 65 heavy (non-hydrogen) atoms. The highest BCUT2D eigenvalue weighted by atomic mass is 35.5. The average molecular weight is 928 g/mol. The Labute approximate surface area is 400 Å². The second-order valence-electron chi connectivity index (χ2n) is 14.5. The number of aliphatic hydroxyl groups is 1. The van der Waals surface area contributed by atoms with E-state index in [1.54, 1.807) is 49.7 Å². The number of hydrogen-bond acceptors (Lipinski definition) is 7. The van der Waals surface area contributed by atoms with Gasteiger partial charge in [-0.15, -0.1) is 0 Å². The van der Waals surface area contributed by atoms with E-state index in [9.17, 15) is 23.9 Å². The zero-order chi connectivity index (χ0) is 51.7. The number of rotatable bonds is 15. The topological polar surface area (TPSA) is 129 Å². The fourth-order valence-electron chi connectivity index (χ4n) is 5.37. The van der Waals surface area contributed by atoms with Gasteiger partial charge in [0.15, 0.2) is 11.6 Å². The number of hydrogen-bond donors (Lipinski definition) is 1. The molecule has 0 aliphatic rings. The van der Waals surface area contributed by atoms with E-state index < -0.39 is 6.17 Å². The maximum absolute atomic E-state index is 12.7. The van der Waals surface area contributed by atoms with Crippen LogP contribution in [-0.2, 0) is 20.8 Å². The summed E-state index contributed by atoms with van der Waals surface area (Å²) in [6, 6.07) is 11.1. The third kappa shape index (κ3) is 32.5. The Morgan fingerprint density at radius 1 is 0.892 bits per heavy atom. The summed E-state index contributed by atoms with van der Waals surface area (Å²) in [6.07, 6.45) is 9.45. The lowest BCUT2D eigenvalue weighted by Gasteiger charge is -2.22. The van der Waals surface area contributed by atoms with E-state index >= 15 is 0 Å². The second kappa shape index (κ2) is 44.4. The average Bonchev–Trinajstić information content (AvgIpc) is 3.29. The van der Waals surface area contributed by atoms with Gasteiger partial charge in [-0.2, -0.15) is 0 Å². The molecule has 9 nitrogen and oxygen atoms in total. The third-order valence-electron chi connectivity index (χ3n) is 8.73. The van der Waals surface area contributed by atoms with Crippen molar-refractivity contribution in [3.8, 4) is 0 Å². The van der Waals surface area contributed by atoms with Crippen molar-refractivity contribution < 1.29 is 28.7 Å². The van der Waals surface area contributed by atoms with Crippen LogP contribution in [0.4, 0.5) is 4.39 Å². The second-order valence-corrected chi connectivity index (χ2v) is 14.9. The Hall–Kier alpha value is -4.83. The molecule has 0 saturated carbocycles. The van der Waals surface area contributed by atoms with Crippen LogP contribution in [0.3, 0.4) is 0 Å². The number of Topliss-reactive ketones (excluding diaryl/α,β-unsaturated/α-hetero) is 1.